The first-order valence-electron chi connectivity index (χ1n) is 2.58. The molecule has 1 nitrogen and oxygen atoms in total. The first kappa shape index (κ1) is 7.89. The molecule has 0 aliphatic carbocycles. The van der Waals surface area contributed by atoms with Gasteiger partial charge in [-0.05, 0) is 18.9 Å². The van der Waals surface area contributed by atoms with Crippen molar-refractivity contribution in [1.29, 1.82) is 0 Å². The Kier molecular flexibility index (Phi) is 6.80. The maximum Gasteiger partial charge on any atom is 0.142 e. The SMILES string of the molecule is O=CC=CCCCBr. The molecular weight excluding hydrogens is 168 g/mol. The third kappa shape index (κ3) is 5.89. The summed E-state index contributed by atoms with van der Waals surface area (Å²) in [6, 6.07) is 0. The van der Waals surface area contributed by atoms with E-state index >= 15 is 0 Å². The molecule has 0 fully saturated rings. The average Bonchev–Trinajstić information content (AvgIpc) is 1.81. The molecule has 0 saturated heterocycles. The number of carbonyl (C=O) groups is 1. The number of aldehydes is 1. The highest BCUT2D eigenvalue weighted by Gasteiger charge is 1.75. The monoisotopic (exact) mass is 176 g/mol. The molecule has 46 valence electrons. The van der Waals surface area contributed by atoms with Gasteiger partial charge in [-0.15, -0.1) is 0 Å². The van der Waals surface area contributed by atoms with Gasteiger partial charge < -0.3 is 0 Å². The molecule has 0 bridgehead atoms. The normalized spacial score (nSPS) is 10.1. The Hall–Kier alpha value is -0.110. The molecule has 0 saturated carbocycles. The maximum atomic E-state index is 9.67. The minimum absolute atomic E-state index is 0.800. The van der Waals surface area contributed by atoms with Crippen molar-refractivity contribution in [2.75, 3.05) is 5.33 Å². The number of rotatable bonds is 4. The molecule has 0 amide bonds. The Bertz CT molecular complexity index is 78.6. The molecule has 0 atom stereocenters. The van der Waals surface area contributed by atoms with Crippen LogP contribution in [0.2, 0.25) is 0 Å². The van der Waals surface area contributed by atoms with Gasteiger partial charge in [-0.2, -0.15) is 0 Å². The quantitative estimate of drug-likeness (QED) is 0.277. The molecule has 0 aromatic rings. The van der Waals surface area contributed by atoms with Gasteiger partial charge in [-0.1, -0.05) is 22.0 Å². The molecule has 0 aliphatic rings. The first-order chi connectivity index (χ1) is 3.91. The molecule has 2 heteroatoms. The Morgan fingerprint density at radius 1 is 1.50 bits per heavy atom. The maximum absolute atomic E-state index is 9.67. The van der Waals surface area contributed by atoms with Crippen LogP contribution in [-0.4, -0.2) is 11.6 Å². The van der Waals surface area contributed by atoms with Crippen molar-refractivity contribution in [3.05, 3.63) is 12.2 Å². The Labute approximate surface area is 57.9 Å². The largest absolute Gasteiger partial charge is 0.299 e. The summed E-state index contributed by atoms with van der Waals surface area (Å²) in [6.45, 7) is 0. The smallest absolute Gasteiger partial charge is 0.142 e. The highest BCUT2D eigenvalue weighted by atomic mass is 79.9. The van der Waals surface area contributed by atoms with Gasteiger partial charge in [0.25, 0.3) is 0 Å². The summed E-state index contributed by atoms with van der Waals surface area (Å²) in [4.78, 5) is 9.67. The summed E-state index contributed by atoms with van der Waals surface area (Å²) in [5, 5.41) is 1.01. The van der Waals surface area contributed by atoms with E-state index in [1.807, 2.05) is 6.08 Å². The second kappa shape index (κ2) is 6.89. The summed E-state index contributed by atoms with van der Waals surface area (Å²) in [7, 11) is 0. The van der Waals surface area contributed by atoms with Crippen molar-refractivity contribution in [2.45, 2.75) is 12.8 Å². The molecule has 0 radical (unpaired) electrons. The van der Waals surface area contributed by atoms with E-state index in [4.69, 9.17) is 0 Å². The predicted octanol–water partition coefficient (Wildman–Crippen LogP) is 1.92. The number of hydrogen-bond acceptors (Lipinski definition) is 1. The second-order valence-electron chi connectivity index (χ2n) is 1.40. The molecule has 0 unspecified atom stereocenters. The van der Waals surface area contributed by atoms with Crippen molar-refractivity contribution in [3.63, 3.8) is 0 Å². The molecule has 0 N–H and O–H groups in total. The predicted molar refractivity (Wildman–Crippen MR) is 38.2 cm³/mol. The van der Waals surface area contributed by atoms with Crippen LogP contribution in [0.25, 0.3) is 0 Å². The van der Waals surface area contributed by atoms with Crippen LogP contribution in [0.15, 0.2) is 12.2 Å². The topological polar surface area (TPSA) is 17.1 Å². The summed E-state index contributed by atoms with van der Waals surface area (Å²) in [5.41, 5.74) is 0. The van der Waals surface area contributed by atoms with E-state index in [-0.39, 0.29) is 0 Å². The molecule has 0 aromatic heterocycles. The van der Waals surface area contributed by atoms with E-state index in [0.29, 0.717) is 0 Å². The van der Waals surface area contributed by atoms with Gasteiger partial charge in [0.2, 0.25) is 0 Å². The molecule has 0 rings (SSSR count). The van der Waals surface area contributed by atoms with Gasteiger partial charge in [0.1, 0.15) is 6.29 Å². The lowest BCUT2D eigenvalue weighted by atomic mass is 10.3. The highest BCUT2D eigenvalue weighted by Crippen LogP contribution is 1.93. The minimum atomic E-state index is 0.800. The summed E-state index contributed by atoms with van der Waals surface area (Å²) in [6.07, 6.45) is 6.29. The van der Waals surface area contributed by atoms with Crippen LogP contribution < -0.4 is 0 Å². The molecule has 0 aliphatic heterocycles. The van der Waals surface area contributed by atoms with Crippen LogP contribution in [0.1, 0.15) is 12.8 Å². The second-order valence-corrected chi connectivity index (χ2v) is 2.19. The van der Waals surface area contributed by atoms with E-state index in [2.05, 4.69) is 15.9 Å². The minimum Gasteiger partial charge on any atom is -0.299 e. The number of alkyl halides is 1. The highest BCUT2D eigenvalue weighted by molar-refractivity contribution is 9.09. The van der Waals surface area contributed by atoms with E-state index in [1.54, 1.807) is 0 Å². The fourth-order valence-electron chi connectivity index (χ4n) is 0.347. The van der Waals surface area contributed by atoms with Crippen LogP contribution in [0.5, 0.6) is 0 Å². The Morgan fingerprint density at radius 2 is 2.25 bits per heavy atom. The third-order valence-electron chi connectivity index (χ3n) is 0.719. The Morgan fingerprint density at radius 3 is 2.75 bits per heavy atom. The lowest BCUT2D eigenvalue weighted by molar-refractivity contribution is -0.104. The summed E-state index contributed by atoms with van der Waals surface area (Å²) < 4.78 is 0. The number of allylic oxidation sites excluding steroid dienone is 2. The van der Waals surface area contributed by atoms with Crippen LogP contribution >= 0.6 is 15.9 Å². The number of hydrogen-bond donors (Lipinski definition) is 0. The number of halogens is 1. The molecule has 0 spiro atoms. The fraction of sp³-hybridized carbons (Fsp3) is 0.500. The zero-order chi connectivity index (χ0) is 6.24. The van der Waals surface area contributed by atoms with Crippen molar-refractivity contribution in [3.8, 4) is 0 Å². The first-order valence-corrected chi connectivity index (χ1v) is 3.70. The van der Waals surface area contributed by atoms with Gasteiger partial charge in [0.05, 0.1) is 0 Å². The molecular formula is C6H9BrO. The zero-order valence-electron chi connectivity index (χ0n) is 4.64. The molecule has 0 heterocycles. The van der Waals surface area contributed by atoms with Crippen LogP contribution in [0.4, 0.5) is 0 Å². The lowest BCUT2D eigenvalue weighted by Crippen LogP contribution is -1.69. The van der Waals surface area contributed by atoms with Gasteiger partial charge in [0.15, 0.2) is 0 Å². The number of unbranched alkanes of at least 4 members (excludes halogenated alkanes) is 1. The summed E-state index contributed by atoms with van der Waals surface area (Å²) >= 11 is 3.28. The van der Waals surface area contributed by atoms with Gasteiger partial charge in [0, 0.05) is 5.33 Å². The third-order valence-corrected chi connectivity index (χ3v) is 1.28. The average molecular weight is 177 g/mol. The van der Waals surface area contributed by atoms with E-state index in [9.17, 15) is 4.79 Å². The Balaban J connectivity index is 2.91. The van der Waals surface area contributed by atoms with E-state index in [1.165, 1.54) is 6.08 Å². The van der Waals surface area contributed by atoms with Crippen molar-refractivity contribution in [2.24, 2.45) is 0 Å². The van der Waals surface area contributed by atoms with Crippen LogP contribution in [-0.2, 0) is 4.79 Å². The van der Waals surface area contributed by atoms with Crippen molar-refractivity contribution >= 4 is 22.2 Å². The van der Waals surface area contributed by atoms with Gasteiger partial charge >= 0.3 is 0 Å². The van der Waals surface area contributed by atoms with Crippen molar-refractivity contribution < 1.29 is 4.79 Å². The van der Waals surface area contributed by atoms with Crippen molar-refractivity contribution in [1.82, 2.24) is 0 Å². The standard InChI is InChI=1S/C6H9BrO/c7-5-3-1-2-4-6-8/h2,4,6H,1,3,5H2. The van der Waals surface area contributed by atoms with E-state index in [0.717, 1.165) is 24.5 Å². The molecule has 0 aromatic carbocycles. The molecule has 8 heavy (non-hydrogen) atoms. The summed E-state index contributed by atoms with van der Waals surface area (Å²) in [5.74, 6) is 0. The van der Waals surface area contributed by atoms with E-state index < -0.39 is 0 Å². The lowest BCUT2D eigenvalue weighted by Gasteiger charge is -1.82. The van der Waals surface area contributed by atoms with Crippen LogP contribution in [0, 0.1) is 0 Å². The van der Waals surface area contributed by atoms with Gasteiger partial charge in [-0.3, -0.25) is 4.79 Å². The van der Waals surface area contributed by atoms with Crippen LogP contribution in [0.3, 0.4) is 0 Å². The zero-order valence-corrected chi connectivity index (χ0v) is 6.23. The fourth-order valence-corrected chi connectivity index (χ4v) is 0.671. The van der Waals surface area contributed by atoms with Gasteiger partial charge in [-0.25, -0.2) is 0 Å². The number of carbonyl (C=O) groups excluding carboxylic acids is 1.